The Hall–Kier alpha value is -0.350. The molecule has 0 aromatic rings. The van der Waals surface area contributed by atoms with Crippen molar-refractivity contribution in [1.29, 1.82) is 0 Å². The van der Waals surface area contributed by atoms with E-state index < -0.39 is 10.1 Å². The first-order valence-electron chi connectivity index (χ1n) is 5.00. The lowest BCUT2D eigenvalue weighted by Crippen LogP contribution is -2.15. The van der Waals surface area contributed by atoms with Gasteiger partial charge in [-0.3, -0.25) is 0 Å². The molecule has 0 N–H and O–H groups in total. The van der Waals surface area contributed by atoms with E-state index in [1.165, 1.54) is 0 Å². The molecule has 0 unspecified atom stereocenters. The van der Waals surface area contributed by atoms with Crippen molar-refractivity contribution in [3.8, 4) is 0 Å². The average Bonchev–Trinajstić information content (AvgIpc) is 2.02. The average molecular weight is 217 g/mol. The summed E-state index contributed by atoms with van der Waals surface area (Å²) in [5.74, 6) is 0.988. The second-order valence-electron chi connectivity index (χ2n) is 4.34. The zero-order valence-electron chi connectivity index (χ0n) is 8.69. The minimum atomic E-state index is -4.08. The third-order valence-electron chi connectivity index (χ3n) is 2.85. The molecule has 3 nitrogen and oxygen atoms in total. The lowest BCUT2D eigenvalue weighted by molar-refractivity contribution is 0.350. The van der Waals surface area contributed by atoms with Crippen LogP contribution in [-0.2, 0) is 10.1 Å². The van der Waals surface area contributed by atoms with Gasteiger partial charge in [-0.25, -0.2) is 8.42 Å². The smallest absolute Gasteiger partial charge is 0.0985 e. The van der Waals surface area contributed by atoms with E-state index in [1.54, 1.807) is 0 Å². The summed E-state index contributed by atoms with van der Waals surface area (Å²) in [6.45, 7) is 4.35. The zero-order valence-corrected chi connectivity index (χ0v) is 9.51. The van der Waals surface area contributed by atoms with Crippen LogP contribution in [0.3, 0.4) is 0 Å². The summed E-state index contributed by atoms with van der Waals surface area (Å²) in [7, 11) is -4.08. The van der Waals surface area contributed by atoms with E-state index in [4.69, 9.17) is 0 Å². The maximum atomic E-state index is 10.5. The minimum absolute atomic E-state index is 0.294. The summed E-state index contributed by atoms with van der Waals surface area (Å²) in [5, 5.41) is 0. The van der Waals surface area contributed by atoms with Gasteiger partial charge in [-0.05, 0) is 31.1 Å². The van der Waals surface area contributed by atoms with E-state index in [1.807, 2.05) is 6.08 Å². The molecule has 0 radical (unpaired) electrons. The van der Waals surface area contributed by atoms with Crippen molar-refractivity contribution in [3.63, 3.8) is 0 Å². The van der Waals surface area contributed by atoms with E-state index in [9.17, 15) is 13.0 Å². The number of hydrogen-bond acceptors (Lipinski definition) is 3. The molecule has 0 fully saturated rings. The lowest BCUT2D eigenvalue weighted by Gasteiger charge is -2.25. The number of hydrogen-bond donors (Lipinski definition) is 0. The van der Waals surface area contributed by atoms with Gasteiger partial charge in [-0.2, -0.15) is 0 Å². The second kappa shape index (κ2) is 4.45. The first kappa shape index (κ1) is 11.7. The van der Waals surface area contributed by atoms with Gasteiger partial charge in [0.2, 0.25) is 0 Å². The molecule has 0 aliphatic heterocycles. The molecule has 0 amide bonds. The van der Waals surface area contributed by atoms with Crippen LogP contribution >= 0.6 is 0 Å². The first-order chi connectivity index (χ1) is 6.38. The van der Waals surface area contributed by atoms with Gasteiger partial charge in [0.15, 0.2) is 0 Å². The van der Waals surface area contributed by atoms with Gasteiger partial charge in [-0.1, -0.05) is 25.5 Å². The molecule has 0 bridgehead atoms. The van der Waals surface area contributed by atoms with Crippen LogP contribution in [0.25, 0.3) is 0 Å². The Bertz CT molecular complexity index is 314. The molecule has 14 heavy (non-hydrogen) atoms. The van der Waals surface area contributed by atoms with Crippen LogP contribution in [0.2, 0.25) is 0 Å². The molecule has 82 valence electrons. The van der Waals surface area contributed by atoms with Crippen molar-refractivity contribution in [1.82, 2.24) is 0 Å². The molecule has 0 saturated heterocycles. The van der Waals surface area contributed by atoms with Crippen molar-refractivity contribution >= 4 is 10.1 Å². The summed E-state index contributed by atoms with van der Waals surface area (Å²) in [4.78, 5) is 0. The molecule has 0 spiro atoms. The van der Waals surface area contributed by atoms with E-state index in [0.29, 0.717) is 11.8 Å². The van der Waals surface area contributed by atoms with Crippen LogP contribution in [0, 0.1) is 11.8 Å². The lowest BCUT2D eigenvalue weighted by atomic mass is 9.83. The van der Waals surface area contributed by atoms with Gasteiger partial charge in [0.25, 0.3) is 0 Å². The summed E-state index contributed by atoms with van der Waals surface area (Å²) < 4.78 is 31.6. The van der Waals surface area contributed by atoms with Crippen molar-refractivity contribution in [2.24, 2.45) is 11.8 Å². The highest BCUT2D eigenvalue weighted by molar-refractivity contribution is 7.85. The molecule has 4 heteroatoms. The maximum absolute atomic E-state index is 10.5. The Morgan fingerprint density at radius 2 is 2.21 bits per heavy atom. The van der Waals surface area contributed by atoms with Crippen LogP contribution in [0.5, 0.6) is 0 Å². The van der Waals surface area contributed by atoms with Crippen LogP contribution in [-0.4, -0.2) is 18.7 Å². The summed E-state index contributed by atoms with van der Waals surface area (Å²) >= 11 is 0. The first-order valence-corrected chi connectivity index (χ1v) is 6.57. The molecule has 0 aromatic carbocycles. The second-order valence-corrected chi connectivity index (χ2v) is 5.75. The Morgan fingerprint density at radius 1 is 1.57 bits per heavy atom. The predicted molar refractivity (Wildman–Crippen MR) is 54.8 cm³/mol. The Labute approximate surface area is 86.0 Å². The molecule has 1 rings (SSSR count). The van der Waals surface area contributed by atoms with E-state index >= 15 is 0 Å². The quantitative estimate of drug-likeness (QED) is 0.536. The van der Waals surface area contributed by atoms with Crippen molar-refractivity contribution < 1.29 is 13.0 Å². The highest BCUT2D eigenvalue weighted by Gasteiger charge is 2.17. The number of rotatable bonds is 3. The fourth-order valence-corrected chi connectivity index (χ4v) is 2.59. The Balaban J connectivity index is 2.54. The van der Waals surface area contributed by atoms with Gasteiger partial charge >= 0.3 is 0 Å². The highest BCUT2D eigenvalue weighted by atomic mass is 32.2. The van der Waals surface area contributed by atoms with Crippen LogP contribution < -0.4 is 0 Å². The molecular weight excluding hydrogens is 200 g/mol. The van der Waals surface area contributed by atoms with Crippen molar-refractivity contribution in [3.05, 3.63) is 11.6 Å². The largest absolute Gasteiger partial charge is 0.748 e. The van der Waals surface area contributed by atoms with Gasteiger partial charge in [0.05, 0.1) is 15.9 Å². The molecular formula is C10H17O3S-. The number of allylic oxidation sites excluding steroid dienone is 1. The van der Waals surface area contributed by atoms with Gasteiger partial charge < -0.3 is 4.55 Å². The van der Waals surface area contributed by atoms with Crippen LogP contribution in [0.1, 0.15) is 33.1 Å². The van der Waals surface area contributed by atoms with Gasteiger partial charge in [0, 0.05) is 0 Å². The normalized spacial score (nSPS) is 23.7. The zero-order chi connectivity index (χ0) is 10.8. The van der Waals surface area contributed by atoms with Crippen LogP contribution in [0.4, 0.5) is 0 Å². The third kappa shape index (κ3) is 3.80. The van der Waals surface area contributed by atoms with Crippen molar-refractivity contribution in [2.75, 3.05) is 5.75 Å². The minimum Gasteiger partial charge on any atom is -0.748 e. The van der Waals surface area contributed by atoms with Gasteiger partial charge in [-0.15, -0.1) is 0 Å². The van der Waals surface area contributed by atoms with E-state index in [-0.39, 0.29) is 5.75 Å². The maximum Gasteiger partial charge on any atom is 0.0985 e. The molecule has 0 saturated carbocycles. The predicted octanol–water partition coefficient (Wildman–Crippen LogP) is 1.91. The SMILES string of the molecule is CC(C)[C@@H]1CC=C(CS(=O)(=O)[O-])CC1. The Kier molecular flexibility index (Phi) is 3.72. The monoisotopic (exact) mass is 217 g/mol. The summed E-state index contributed by atoms with van der Waals surface area (Å²) in [6.07, 6.45) is 4.63. The van der Waals surface area contributed by atoms with Crippen LogP contribution in [0.15, 0.2) is 11.6 Å². The van der Waals surface area contributed by atoms with Crippen molar-refractivity contribution in [2.45, 2.75) is 33.1 Å². The fraction of sp³-hybridized carbons (Fsp3) is 0.800. The standard InChI is InChI=1S/C10H18O3S/c1-8(2)10-5-3-9(4-6-10)7-14(11,12)13/h3,8,10H,4-7H2,1-2H3,(H,11,12,13)/p-1/t10-/m1/s1. The molecule has 1 aliphatic carbocycles. The fourth-order valence-electron chi connectivity index (χ4n) is 1.87. The van der Waals surface area contributed by atoms with Gasteiger partial charge in [0.1, 0.15) is 0 Å². The molecule has 0 aromatic heterocycles. The van der Waals surface area contributed by atoms with E-state index in [0.717, 1.165) is 24.8 Å². The molecule has 0 heterocycles. The third-order valence-corrected chi connectivity index (χ3v) is 3.57. The summed E-state index contributed by atoms with van der Waals surface area (Å²) in [6, 6.07) is 0. The Morgan fingerprint density at radius 3 is 2.57 bits per heavy atom. The molecule has 1 atom stereocenters. The van der Waals surface area contributed by atoms with E-state index in [2.05, 4.69) is 13.8 Å². The molecule has 1 aliphatic rings. The highest BCUT2D eigenvalue weighted by Crippen LogP contribution is 2.29. The topological polar surface area (TPSA) is 57.2 Å². The summed E-state index contributed by atoms with van der Waals surface area (Å²) in [5.41, 5.74) is 0.803.